The van der Waals surface area contributed by atoms with E-state index in [9.17, 15) is 10.2 Å². The van der Waals surface area contributed by atoms with Crippen molar-refractivity contribution < 1.29 is 10.2 Å². The van der Waals surface area contributed by atoms with Crippen LogP contribution in [-0.2, 0) is 0 Å². The van der Waals surface area contributed by atoms with E-state index >= 15 is 0 Å². The van der Waals surface area contributed by atoms with Crippen molar-refractivity contribution in [2.75, 3.05) is 6.61 Å². The van der Waals surface area contributed by atoms with Gasteiger partial charge in [-0.05, 0) is 25.0 Å². The molecule has 0 bridgehead atoms. The van der Waals surface area contributed by atoms with Crippen molar-refractivity contribution in [2.45, 2.75) is 47.9 Å². The van der Waals surface area contributed by atoms with E-state index in [0.717, 1.165) is 25.7 Å². The minimum Gasteiger partial charge on any atom is -0.394 e. The highest BCUT2D eigenvalue weighted by Crippen LogP contribution is 2.46. The molecule has 0 aliphatic heterocycles. The molecule has 0 radical (unpaired) electrons. The Bertz CT molecular complexity index is 333. The fourth-order valence-electron chi connectivity index (χ4n) is 2.54. The zero-order valence-corrected chi connectivity index (χ0v) is 10.8. The Morgan fingerprint density at radius 2 is 1.76 bits per heavy atom. The fraction of sp³-hybridized carbons (Fsp3) is 0.571. The third-order valence-corrected chi connectivity index (χ3v) is 5.14. The van der Waals surface area contributed by atoms with Crippen molar-refractivity contribution in [1.29, 1.82) is 0 Å². The van der Waals surface area contributed by atoms with Crippen LogP contribution in [0.1, 0.15) is 32.1 Å². The normalized spacial score (nSPS) is 21.1. The van der Waals surface area contributed by atoms with Crippen LogP contribution in [0.25, 0.3) is 0 Å². The second kappa shape index (κ2) is 5.89. The molecule has 17 heavy (non-hydrogen) atoms. The lowest BCUT2D eigenvalue weighted by Crippen LogP contribution is -2.43. The number of aliphatic hydroxyl groups excluding tert-OH is 2. The van der Waals surface area contributed by atoms with Crippen LogP contribution in [0.4, 0.5) is 0 Å². The van der Waals surface area contributed by atoms with Gasteiger partial charge in [0.05, 0.1) is 12.7 Å². The van der Waals surface area contributed by atoms with Gasteiger partial charge in [0, 0.05) is 9.64 Å². The van der Waals surface area contributed by atoms with Gasteiger partial charge >= 0.3 is 0 Å². The maximum absolute atomic E-state index is 10.1. The molecule has 1 saturated carbocycles. The van der Waals surface area contributed by atoms with E-state index in [1.165, 1.54) is 11.3 Å². The lowest BCUT2D eigenvalue weighted by atomic mass is 9.84. The molecule has 1 aliphatic rings. The summed E-state index contributed by atoms with van der Waals surface area (Å²) in [5.41, 5.74) is 0. The van der Waals surface area contributed by atoms with E-state index in [2.05, 4.69) is 12.1 Å². The molecule has 1 aromatic rings. The number of thioether (sulfide) groups is 1. The molecule has 0 saturated heterocycles. The van der Waals surface area contributed by atoms with Crippen LogP contribution < -0.4 is 0 Å². The van der Waals surface area contributed by atoms with Crippen LogP contribution in [-0.4, -0.2) is 27.7 Å². The summed E-state index contributed by atoms with van der Waals surface area (Å²) >= 11 is 1.73. The maximum Gasteiger partial charge on any atom is 0.0920 e. The lowest BCUT2D eigenvalue weighted by molar-refractivity contribution is 0.0491. The summed E-state index contributed by atoms with van der Waals surface area (Å²) in [7, 11) is 0. The number of hydrogen-bond donors (Lipinski definition) is 2. The predicted octanol–water partition coefficient (Wildman–Crippen LogP) is 2.83. The standard InChI is InChI=1S/C14H20O2S/c15-11-13(16)14(9-5-2-6-10-14)17-12-7-3-1-4-8-12/h1,3-4,7-8,13,15-16H,2,5-6,9-11H2. The van der Waals surface area contributed by atoms with Crippen molar-refractivity contribution in [3.63, 3.8) is 0 Å². The topological polar surface area (TPSA) is 40.5 Å². The van der Waals surface area contributed by atoms with Gasteiger partial charge in [0.25, 0.3) is 0 Å². The van der Waals surface area contributed by atoms with Crippen molar-refractivity contribution in [3.8, 4) is 0 Å². The summed E-state index contributed by atoms with van der Waals surface area (Å²) in [6.07, 6.45) is 4.92. The van der Waals surface area contributed by atoms with Gasteiger partial charge in [-0.2, -0.15) is 0 Å². The van der Waals surface area contributed by atoms with E-state index in [4.69, 9.17) is 0 Å². The summed E-state index contributed by atoms with van der Waals surface area (Å²) < 4.78 is -0.186. The van der Waals surface area contributed by atoms with Gasteiger partial charge in [-0.1, -0.05) is 37.5 Å². The Labute approximate surface area is 107 Å². The molecule has 2 rings (SSSR count). The van der Waals surface area contributed by atoms with Gasteiger partial charge in [-0.3, -0.25) is 0 Å². The molecule has 1 unspecified atom stereocenters. The van der Waals surface area contributed by atoms with Crippen LogP contribution in [0.5, 0.6) is 0 Å². The molecule has 2 nitrogen and oxygen atoms in total. The Balaban J connectivity index is 2.15. The van der Waals surface area contributed by atoms with E-state index < -0.39 is 6.10 Å². The van der Waals surface area contributed by atoms with Gasteiger partial charge < -0.3 is 10.2 Å². The third-order valence-electron chi connectivity index (χ3n) is 3.54. The van der Waals surface area contributed by atoms with Gasteiger partial charge in [0.1, 0.15) is 0 Å². The lowest BCUT2D eigenvalue weighted by Gasteiger charge is -2.40. The Morgan fingerprint density at radius 1 is 1.12 bits per heavy atom. The quantitative estimate of drug-likeness (QED) is 0.865. The zero-order chi connectivity index (χ0) is 12.1. The van der Waals surface area contributed by atoms with Crippen molar-refractivity contribution in [1.82, 2.24) is 0 Å². The number of benzene rings is 1. The minimum atomic E-state index is -0.618. The first-order valence-electron chi connectivity index (χ1n) is 6.30. The predicted molar refractivity (Wildman–Crippen MR) is 71.2 cm³/mol. The molecule has 1 aliphatic carbocycles. The maximum atomic E-state index is 10.1. The molecular weight excluding hydrogens is 232 g/mol. The first-order chi connectivity index (χ1) is 8.27. The van der Waals surface area contributed by atoms with Crippen molar-refractivity contribution in [3.05, 3.63) is 30.3 Å². The SMILES string of the molecule is OCC(O)C1(Sc2ccccc2)CCCCC1. The summed E-state index contributed by atoms with van der Waals surface area (Å²) in [6, 6.07) is 10.2. The first kappa shape index (κ1) is 12.9. The average molecular weight is 252 g/mol. The molecule has 1 aromatic carbocycles. The average Bonchev–Trinajstić information content (AvgIpc) is 2.40. The Morgan fingerprint density at radius 3 is 2.35 bits per heavy atom. The highest BCUT2D eigenvalue weighted by atomic mass is 32.2. The van der Waals surface area contributed by atoms with Crippen LogP contribution in [0, 0.1) is 0 Å². The van der Waals surface area contributed by atoms with E-state index in [0.29, 0.717) is 0 Å². The number of rotatable bonds is 4. The van der Waals surface area contributed by atoms with Crippen LogP contribution in [0.2, 0.25) is 0 Å². The molecule has 94 valence electrons. The molecule has 3 heteroatoms. The number of aliphatic hydroxyl groups is 2. The first-order valence-corrected chi connectivity index (χ1v) is 7.11. The summed E-state index contributed by atoms with van der Waals surface area (Å²) in [4.78, 5) is 1.18. The second-order valence-electron chi connectivity index (χ2n) is 4.74. The molecule has 1 fully saturated rings. The van der Waals surface area contributed by atoms with Crippen molar-refractivity contribution >= 4 is 11.8 Å². The molecular formula is C14H20O2S. The third kappa shape index (κ3) is 3.03. The monoisotopic (exact) mass is 252 g/mol. The fourth-order valence-corrected chi connectivity index (χ4v) is 4.01. The summed E-state index contributed by atoms with van der Waals surface area (Å²) in [5.74, 6) is 0. The van der Waals surface area contributed by atoms with Gasteiger partial charge in [-0.25, -0.2) is 0 Å². The van der Waals surface area contributed by atoms with Crippen LogP contribution in [0.15, 0.2) is 35.2 Å². The van der Waals surface area contributed by atoms with E-state index in [-0.39, 0.29) is 11.4 Å². The molecule has 0 aromatic heterocycles. The molecule has 0 amide bonds. The molecule has 2 N–H and O–H groups in total. The molecule has 1 atom stereocenters. The largest absolute Gasteiger partial charge is 0.394 e. The highest BCUT2D eigenvalue weighted by Gasteiger charge is 2.39. The Kier molecular flexibility index (Phi) is 4.48. The van der Waals surface area contributed by atoms with Crippen molar-refractivity contribution in [2.24, 2.45) is 0 Å². The summed E-state index contributed by atoms with van der Waals surface area (Å²) in [5, 5.41) is 19.4. The highest BCUT2D eigenvalue weighted by molar-refractivity contribution is 8.00. The molecule has 0 spiro atoms. The van der Waals surface area contributed by atoms with Gasteiger partial charge in [-0.15, -0.1) is 11.8 Å². The van der Waals surface area contributed by atoms with Gasteiger partial charge in [0.15, 0.2) is 0 Å². The Hall–Kier alpha value is -0.510. The number of hydrogen-bond acceptors (Lipinski definition) is 3. The van der Waals surface area contributed by atoms with Gasteiger partial charge in [0.2, 0.25) is 0 Å². The minimum absolute atomic E-state index is 0.139. The summed E-state index contributed by atoms with van der Waals surface area (Å²) in [6.45, 7) is -0.139. The smallest absolute Gasteiger partial charge is 0.0920 e. The second-order valence-corrected chi connectivity index (χ2v) is 6.23. The zero-order valence-electron chi connectivity index (χ0n) is 10.0. The van der Waals surface area contributed by atoms with E-state index in [1.807, 2.05) is 18.2 Å². The van der Waals surface area contributed by atoms with E-state index in [1.54, 1.807) is 11.8 Å². The van der Waals surface area contributed by atoms with Crippen LogP contribution in [0.3, 0.4) is 0 Å². The molecule has 0 heterocycles. The van der Waals surface area contributed by atoms with Crippen LogP contribution >= 0.6 is 11.8 Å².